The predicted molar refractivity (Wildman–Crippen MR) is 142 cm³/mol. The molecule has 1 aliphatic heterocycles. The van der Waals surface area contributed by atoms with Crippen molar-refractivity contribution in [2.75, 3.05) is 13.1 Å². The Bertz CT molecular complexity index is 1270. The van der Waals surface area contributed by atoms with E-state index in [4.69, 9.17) is 4.98 Å². The second-order valence-electron chi connectivity index (χ2n) is 10.4. The van der Waals surface area contributed by atoms with Crippen molar-refractivity contribution in [2.24, 2.45) is 5.92 Å². The van der Waals surface area contributed by atoms with Gasteiger partial charge in [0.15, 0.2) is 0 Å². The maximum absolute atomic E-state index is 5.17. The first kappa shape index (κ1) is 22.9. The van der Waals surface area contributed by atoms with E-state index in [0.29, 0.717) is 5.92 Å². The van der Waals surface area contributed by atoms with Gasteiger partial charge in [-0.25, -0.2) is 4.98 Å². The Labute approximate surface area is 204 Å². The van der Waals surface area contributed by atoms with E-state index >= 15 is 0 Å². The zero-order chi connectivity index (χ0) is 23.7. The molecule has 0 atom stereocenters. The molecule has 3 aromatic carbocycles. The number of fused-ring (bicyclic) bond motifs is 1. The van der Waals surface area contributed by atoms with E-state index in [-0.39, 0.29) is 0 Å². The Morgan fingerprint density at radius 2 is 1.50 bits per heavy atom. The molecule has 2 heterocycles. The molecule has 0 unspecified atom stereocenters. The number of hydrogen-bond acceptors (Lipinski definition) is 2. The monoisotopic (exact) mass is 451 g/mol. The van der Waals surface area contributed by atoms with E-state index in [1.165, 1.54) is 70.7 Å². The van der Waals surface area contributed by atoms with Crippen molar-refractivity contribution in [3.8, 4) is 0 Å². The average molecular weight is 452 g/mol. The summed E-state index contributed by atoms with van der Waals surface area (Å²) < 4.78 is 2.48. The van der Waals surface area contributed by atoms with Crippen LogP contribution in [0, 0.1) is 33.6 Å². The minimum absolute atomic E-state index is 0.698. The zero-order valence-corrected chi connectivity index (χ0v) is 21.1. The Kier molecular flexibility index (Phi) is 6.56. The van der Waals surface area contributed by atoms with Crippen molar-refractivity contribution in [1.82, 2.24) is 14.5 Å². The number of aryl methyl sites for hydroxylation is 4. The lowest BCUT2D eigenvalue weighted by atomic mass is 9.92. The number of piperidine rings is 1. The van der Waals surface area contributed by atoms with Crippen molar-refractivity contribution in [3.63, 3.8) is 0 Å². The van der Waals surface area contributed by atoms with Crippen molar-refractivity contribution in [1.29, 1.82) is 0 Å². The maximum Gasteiger partial charge on any atom is 0.110 e. The van der Waals surface area contributed by atoms with Crippen LogP contribution in [0.2, 0.25) is 0 Å². The number of hydrogen-bond donors (Lipinski definition) is 0. The molecule has 0 N–H and O–H groups in total. The van der Waals surface area contributed by atoms with Crippen molar-refractivity contribution in [3.05, 3.63) is 99.9 Å². The molecule has 0 aliphatic carbocycles. The van der Waals surface area contributed by atoms with Crippen LogP contribution in [0.1, 0.15) is 52.0 Å². The van der Waals surface area contributed by atoms with Gasteiger partial charge in [-0.05, 0) is 99.5 Å². The molecule has 0 radical (unpaired) electrons. The van der Waals surface area contributed by atoms with Crippen molar-refractivity contribution >= 4 is 11.0 Å². The third-order valence-electron chi connectivity index (χ3n) is 7.74. The van der Waals surface area contributed by atoms with Gasteiger partial charge in [0.25, 0.3) is 0 Å². The third kappa shape index (κ3) is 4.95. The number of rotatable bonds is 6. The van der Waals surface area contributed by atoms with Crippen LogP contribution in [0.5, 0.6) is 0 Å². The fourth-order valence-electron chi connectivity index (χ4n) is 5.27. The van der Waals surface area contributed by atoms with Gasteiger partial charge in [0, 0.05) is 19.5 Å². The van der Waals surface area contributed by atoms with Gasteiger partial charge >= 0.3 is 0 Å². The lowest BCUT2D eigenvalue weighted by Crippen LogP contribution is -2.34. The highest BCUT2D eigenvalue weighted by Crippen LogP contribution is 2.27. The first-order valence-electron chi connectivity index (χ1n) is 12.7. The van der Waals surface area contributed by atoms with Gasteiger partial charge in [-0.1, -0.05) is 54.1 Å². The zero-order valence-electron chi connectivity index (χ0n) is 21.1. The average Bonchev–Trinajstić information content (AvgIpc) is 3.14. The molecule has 3 nitrogen and oxygen atoms in total. The summed E-state index contributed by atoms with van der Waals surface area (Å²) in [5.41, 5.74) is 10.6. The topological polar surface area (TPSA) is 21.1 Å². The molecule has 34 heavy (non-hydrogen) atoms. The Hall–Kier alpha value is -2.91. The maximum atomic E-state index is 5.17. The summed E-state index contributed by atoms with van der Waals surface area (Å²) in [7, 11) is 0. The van der Waals surface area contributed by atoms with Gasteiger partial charge in [-0.2, -0.15) is 0 Å². The summed E-state index contributed by atoms with van der Waals surface area (Å²) in [6.45, 7) is 13.1. The molecule has 5 rings (SSSR count). The largest absolute Gasteiger partial charge is 0.323 e. The number of nitrogens with zero attached hydrogens (tertiary/aromatic N) is 3. The number of likely N-dealkylation sites (tertiary alicyclic amines) is 1. The Morgan fingerprint density at radius 1 is 0.794 bits per heavy atom. The molecular weight excluding hydrogens is 414 g/mol. The van der Waals surface area contributed by atoms with Gasteiger partial charge in [0.1, 0.15) is 5.82 Å². The van der Waals surface area contributed by atoms with Gasteiger partial charge in [0.05, 0.1) is 11.0 Å². The molecule has 1 fully saturated rings. The second-order valence-corrected chi connectivity index (χ2v) is 10.4. The first-order chi connectivity index (χ1) is 16.5. The molecule has 3 heteroatoms. The lowest BCUT2D eigenvalue weighted by Gasteiger charge is -2.32. The van der Waals surface area contributed by atoms with Crippen LogP contribution in [-0.4, -0.2) is 27.5 Å². The van der Waals surface area contributed by atoms with Gasteiger partial charge < -0.3 is 4.57 Å². The first-order valence-corrected chi connectivity index (χ1v) is 12.7. The summed E-state index contributed by atoms with van der Waals surface area (Å²) in [5, 5.41) is 0. The molecule has 0 bridgehead atoms. The van der Waals surface area contributed by atoms with E-state index in [2.05, 4.69) is 97.8 Å². The molecule has 1 saturated heterocycles. The molecule has 176 valence electrons. The minimum Gasteiger partial charge on any atom is -0.323 e. The standard InChI is InChI=1S/C31H37N3/c1-22-9-11-27(12-10-22)20-34-30-18-25(4)24(3)17-29(30)32-31(34)19-26-13-15-33(16-14-26)21-28-8-6-5-7-23(28)2/h5-12,17-18,26H,13-16,19-21H2,1-4H3. The summed E-state index contributed by atoms with van der Waals surface area (Å²) in [4.78, 5) is 7.80. The lowest BCUT2D eigenvalue weighted by molar-refractivity contribution is 0.175. The molecular formula is C31H37N3. The fourth-order valence-corrected chi connectivity index (χ4v) is 5.27. The van der Waals surface area contributed by atoms with E-state index < -0.39 is 0 Å². The smallest absolute Gasteiger partial charge is 0.110 e. The minimum atomic E-state index is 0.698. The molecule has 1 aromatic heterocycles. The summed E-state index contributed by atoms with van der Waals surface area (Å²) in [6.07, 6.45) is 3.56. The van der Waals surface area contributed by atoms with Gasteiger partial charge in [0.2, 0.25) is 0 Å². The number of benzene rings is 3. The second kappa shape index (κ2) is 9.76. The SMILES string of the molecule is Cc1ccc(Cn2c(CC3CCN(Cc4ccccc4C)CC3)nc3cc(C)c(C)cc32)cc1. The van der Waals surface area contributed by atoms with Crippen LogP contribution in [0.15, 0.2) is 60.7 Å². The summed E-state index contributed by atoms with van der Waals surface area (Å²) in [6, 6.07) is 22.4. The molecule has 0 spiro atoms. The summed E-state index contributed by atoms with van der Waals surface area (Å²) in [5.74, 6) is 1.95. The van der Waals surface area contributed by atoms with Crippen LogP contribution in [0.3, 0.4) is 0 Å². The highest BCUT2D eigenvalue weighted by atomic mass is 15.1. The fraction of sp³-hybridized carbons (Fsp3) is 0.387. The highest BCUT2D eigenvalue weighted by Gasteiger charge is 2.23. The molecule has 0 amide bonds. The number of imidazole rings is 1. The van der Waals surface area contributed by atoms with Crippen LogP contribution >= 0.6 is 0 Å². The van der Waals surface area contributed by atoms with Crippen LogP contribution < -0.4 is 0 Å². The van der Waals surface area contributed by atoms with Crippen LogP contribution in [-0.2, 0) is 19.5 Å². The van der Waals surface area contributed by atoms with E-state index in [9.17, 15) is 0 Å². The predicted octanol–water partition coefficient (Wildman–Crippen LogP) is 6.77. The summed E-state index contributed by atoms with van der Waals surface area (Å²) >= 11 is 0. The quantitative estimate of drug-likeness (QED) is 0.322. The Balaban J connectivity index is 1.34. The van der Waals surface area contributed by atoms with Gasteiger partial charge in [-0.15, -0.1) is 0 Å². The highest BCUT2D eigenvalue weighted by molar-refractivity contribution is 5.78. The van der Waals surface area contributed by atoms with Crippen molar-refractivity contribution in [2.45, 2.75) is 60.0 Å². The van der Waals surface area contributed by atoms with Crippen molar-refractivity contribution < 1.29 is 0 Å². The molecule has 4 aromatic rings. The molecule has 0 saturated carbocycles. The van der Waals surface area contributed by atoms with Crippen LogP contribution in [0.4, 0.5) is 0 Å². The van der Waals surface area contributed by atoms with E-state index in [1.807, 2.05) is 0 Å². The number of aromatic nitrogens is 2. The Morgan fingerprint density at radius 3 is 2.24 bits per heavy atom. The van der Waals surface area contributed by atoms with E-state index in [1.54, 1.807) is 0 Å². The van der Waals surface area contributed by atoms with E-state index in [0.717, 1.165) is 25.0 Å². The molecule has 1 aliphatic rings. The van der Waals surface area contributed by atoms with Gasteiger partial charge in [-0.3, -0.25) is 4.90 Å². The van der Waals surface area contributed by atoms with Crippen LogP contribution in [0.25, 0.3) is 11.0 Å². The normalized spacial score (nSPS) is 15.3. The third-order valence-corrected chi connectivity index (χ3v) is 7.74.